The minimum absolute atomic E-state index is 0.0124. The Hall–Kier alpha value is -2.67. The van der Waals surface area contributed by atoms with E-state index in [1.807, 2.05) is 23.1 Å². The smallest absolute Gasteiger partial charge is 0.227 e. The zero-order chi connectivity index (χ0) is 20.6. The molecule has 2 saturated heterocycles. The van der Waals surface area contributed by atoms with Gasteiger partial charge in [0.2, 0.25) is 11.7 Å². The van der Waals surface area contributed by atoms with Gasteiger partial charge in [-0.2, -0.15) is 0 Å². The number of aliphatic hydroxyl groups is 1. The highest BCUT2D eigenvalue weighted by atomic mass is 16.5. The van der Waals surface area contributed by atoms with Crippen LogP contribution in [0.4, 0.5) is 0 Å². The second-order valence-electron chi connectivity index (χ2n) is 7.81. The summed E-state index contributed by atoms with van der Waals surface area (Å²) in [7, 11) is 4.67. The van der Waals surface area contributed by atoms with E-state index in [2.05, 4.69) is 0 Å². The third-order valence-electron chi connectivity index (χ3n) is 6.11. The van der Waals surface area contributed by atoms with Crippen LogP contribution in [0.3, 0.4) is 0 Å². The van der Waals surface area contributed by atoms with Crippen molar-refractivity contribution in [2.24, 2.45) is 0 Å². The lowest BCUT2D eigenvalue weighted by molar-refractivity contribution is -0.142. The van der Waals surface area contributed by atoms with Gasteiger partial charge in [0.15, 0.2) is 11.5 Å². The fourth-order valence-electron chi connectivity index (χ4n) is 4.88. The second kappa shape index (κ2) is 7.63. The van der Waals surface area contributed by atoms with Crippen LogP contribution in [0.5, 0.6) is 17.2 Å². The molecule has 0 spiro atoms. The summed E-state index contributed by atoms with van der Waals surface area (Å²) >= 11 is 0. The molecule has 2 fully saturated rings. The Bertz CT molecular complexity index is 838. The van der Waals surface area contributed by atoms with E-state index < -0.39 is 5.60 Å². The number of benzene rings is 1. The van der Waals surface area contributed by atoms with Crippen LogP contribution in [0.1, 0.15) is 37.0 Å². The first-order valence-corrected chi connectivity index (χ1v) is 9.85. The number of rotatable bonds is 6. The van der Waals surface area contributed by atoms with Gasteiger partial charge in [0.05, 0.1) is 34.0 Å². The van der Waals surface area contributed by atoms with Gasteiger partial charge >= 0.3 is 0 Å². The molecule has 1 aromatic carbocycles. The lowest BCUT2D eigenvalue weighted by Gasteiger charge is -2.43. The number of hydrogen-bond donors (Lipinski definition) is 1. The molecule has 7 nitrogen and oxygen atoms in total. The van der Waals surface area contributed by atoms with Gasteiger partial charge in [0.25, 0.3) is 0 Å². The van der Waals surface area contributed by atoms with Crippen molar-refractivity contribution in [3.8, 4) is 17.2 Å². The van der Waals surface area contributed by atoms with E-state index in [0.717, 1.165) is 18.4 Å². The summed E-state index contributed by atoms with van der Waals surface area (Å²) in [6.45, 7) is 0. The summed E-state index contributed by atoms with van der Waals surface area (Å²) in [4.78, 5) is 15.1. The van der Waals surface area contributed by atoms with Gasteiger partial charge in [-0.25, -0.2) is 0 Å². The fraction of sp³-hybridized carbons (Fsp3) is 0.500. The molecule has 2 aliphatic heterocycles. The predicted octanol–water partition coefficient (Wildman–Crippen LogP) is 2.89. The van der Waals surface area contributed by atoms with Crippen LogP contribution in [-0.2, 0) is 16.8 Å². The molecular weight excluding hydrogens is 374 g/mol. The second-order valence-corrected chi connectivity index (χ2v) is 7.81. The molecule has 1 N–H and O–H groups in total. The van der Waals surface area contributed by atoms with Gasteiger partial charge in [-0.1, -0.05) is 0 Å². The predicted molar refractivity (Wildman–Crippen MR) is 105 cm³/mol. The highest BCUT2D eigenvalue weighted by molar-refractivity contribution is 5.80. The summed E-state index contributed by atoms with van der Waals surface area (Å²) < 4.78 is 21.6. The maximum Gasteiger partial charge on any atom is 0.227 e. The zero-order valence-corrected chi connectivity index (χ0v) is 17.0. The monoisotopic (exact) mass is 401 g/mol. The van der Waals surface area contributed by atoms with Crippen LogP contribution in [0.25, 0.3) is 0 Å². The number of nitrogens with zero attached hydrogens (tertiary/aromatic N) is 1. The number of furan rings is 1. The summed E-state index contributed by atoms with van der Waals surface area (Å²) in [5, 5.41) is 11.1. The van der Waals surface area contributed by atoms with E-state index in [0.29, 0.717) is 35.9 Å². The number of ether oxygens (including phenoxy) is 3. The van der Waals surface area contributed by atoms with Crippen molar-refractivity contribution in [2.45, 2.75) is 49.8 Å². The SMILES string of the molecule is COc1cc(CC(=O)N2[C@@H]3CC[C@H]2CC(O)(c2ccco2)C3)cc(OC)c1OC. The number of piperidine rings is 1. The number of fused-ring (bicyclic) bond motifs is 2. The van der Waals surface area contributed by atoms with Crippen LogP contribution in [-0.4, -0.2) is 49.3 Å². The van der Waals surface area contributed by atoms with Crippen LogP contribution < -0.4 is 14.2 Å². The Morgan fingerprint density at radius 3 is 2.24 bits per heavy atom. The van der Waals surface area contributed by atoms with Crippen molar-refractivity contribution in [3.05, 3.63) is 41.9 Å². The maximum absolute atomic E-state index is 13.2. The Morgan fingerprint density at radius 2 is 1.76 bits per heavy atom. The number of carbonyl (C=O) groups excluding carboxylic acids is 1. The molecule has 2 bridgehead atoms. The van der Waals surface area contributed by atoms with E-state index in [-0.39, 0.29) is 24.4 Å². The van der Waals surface area contributed by atoms with Crippen molar-refractivity contribution in [1.29, 1.82) is 0 Å². The third-order valence-corrected chi connectivity index (χ3v) is 6.11. The molecule has 0 saturated carbocycles. The molecule has 1 amide bonds. The van der Waals surface area contributed by atoms with E-state index >= 15 is 0 Å². The molecule has 2 aromatic rings. The molecule has 3 atom stereocenters. The molecule has 7 heteroatoms. The average molecular weight is 401 g/mol. The van der Waals surface area contributed by atoms with Gasteiger partial charge in [-0.05, 0) is 42.7 Å². The standard InChI is InChI=1S/C22H27NO6/c1-26-17-9-14(10-18(27-2)21(17)28-3)11-20(24)23-15-6-7-16(23)13-22(25,12-15)19-5-4-8-29-19/h4-5,8-10,15-16,25H,6-7,11-13H2,1-3H3/t15-,16+,22?. The molecular formula is C22H27NO6. The van der Waals surface area contributed by atoms with E-state index in [9.17, 15) is 9.90 Å². The molecule has 2 aliphatic rings. The van der Waals surface area contributed by atoms with Crippen LogP contribution in [0, 0.1) is 0 Å². The first-order valence-electron chi connectivity index (χ1n) is 9.85. The van der Waals surface area contributed by atoms with Crippen molar-refractivity contribution in [1.82, 2.24) is 4.90 Å². The molecule has 1 unspecified atom stereocenters. The quantitative estimate of drug-likeness (QED) is 0.802. The molecule has 4 rings (SSSR count). The Kier molecular flexibility index (Phi) is 5.17. The molecule has 1 aromatic heterocycles. The largest absolute Gasteiger partial charge is 0.493 e. The molecule has 156 valence electrons. The highest BCUT2D eigenvalue weighted by Crippen LogP contribution is 2.46. The first kappa shape index (κ1) is 19.6. The van der Waals surface area contributed by atoms with Crippen LogP contribution >= 0.6 is 0 Å². The zero-order valence-electron chi connectivity index (χ0n) is 17.0. The summed E-state index contributed by atoms with van der Waals surface area (Å²) in [6.07, 6.45) is 4.61. The molecule has 3 heterocycles. The van der Waals surface area contributed by atoms with E-state index in [1.54, 1.807) is 33.7 Å². The number of carbonyl (C=O) groups is 1. The van der Waals surface area contributed by atoms with Crippen molar-refractivity contribution >= 4 is 5.91 Å². The van der Waals surface area contributed by atoms with Crippen molar-refractivity contribution in [3.63, 3.8) is 0 Å². The summed E-state index contributed by atoms with van der Waals surface area (Å²) in [5.74, 6) is 2.21. The summed E-state index contributed by atoms with van der Waals surface area (Å²) in [5.41, 5.74) is -0.200. The third kappa shape index (κ3) is 3.44. The van der Waals surface area contributed by atoms with E-state index in [1.165, 1.54) is 0 Å². The molecule has 0 radical (unpaired) electrons. The minimum Gasteiger partial charge on any atom is -0.493 e. The lowest BCUT2D eigenvalue weighted by Crippen LogP contribution is -2.52. The molecule has 29 heavy (non-hydrogen) atoms. The summed E-state index contributed by atoms with van der Waals surface area (Å²) in [6, 6.07) is 7.25. The van der Waals surface area contributed by atoms with E-state index in [4.69, 9.17) is 18.6 Å². The maximum atomic E-state index is 13.2. The minimum atomic E-state index is -1.00. The van der Waals surface area contributed by atoms with Gasteiger partial charge in [-0.15, -0.1) is 0 Å². The highest BCUT2D eigenvalue weighted by Gasteiger charge is 2.51. The van der Waals surface area contributed by atoms with Crippen LogP contribution in [0.2, 0.25) is 0 Å². The normalized spacial score (nSPS) is 25.7. The Balaban J connectivity index is 1.53. The lowest BCUT2D eigenvalue weighted by atomic mass is 9.84. The topological polar surface area (TPSA) is 81.4 Å². The Morgan fingerprint density at radius 1 is 1.14 bits per heavy atom. The van der Waals surface area contributed by atoms with Crippen molar-refractivity contribution in [2.75, 3.05) is 21.3 Å². The Labute approximate surface area is 170 Å². The number of hydrogen-bond acceptors (Lipinski definition) is 6. The van der Waals surface area contributed by atoms with Crippen molar-refractivity contribution < 1.29 is 28.5 Å². The van der Waals surface area contributed by atoms with Gasteiger partial charge < -0.3 is 28.6 Å². The number of amides is 1. The molecule has 0 aliphatic carbocycles. The van der Waals surface area contributed by atoms with Gasteiger partial charge in [0.1, 0.15) is 11.4 Å². The van der Waals surface area contributed by atoms with Crippen LogP contribution in [0.15, 0.2) is 34.9 Å². The van der Waals surface area contributed by atoms with Gasteiger partial charge in [-0.3, -0.25) is 4.79 Å². The fourth-order valence-corrected chi connectivity index (χ4v) is 4.88. The first-order chi connectivity index (χ1) is 14.0. The average Bonchev–Trinajstić information content (AvgIpc) is 3.35. The van der Waals surface area contributed by atoms with Gasteiger partial charge in [0, 0.05) is 24.9 Å². The number of methoxy groups -OCH3 is 3.